The predicted octanol–water partition coefficient (Wildman–Crippen LogP) is 3.29. The molecule has 3 aromatic rings. The normalized spacial score (nSPS) is 10.8. The molecule has 0 amide bonds. The smallest absolute Gasteiger partial charge is 0.146 e. The first kappa shape index (κ1) is 15.9. The van der Waals surface area contributed by atoms with Gasteiger partial charge in [-0.3, -0.25) is 4.68 Å². The Kier molecular flexibility index (Phi) is 4.39. The van der Waals surface area contributed by atoms with Crippen LogP contribution in [0.1, 0.15) is 25.1 Å². The minimum atomic E-state index is 0.263. The van der Waals surface area contributed by atoms with Crippen LogP contribution >= 0.6 is 0 Å². The summed E-state index contributed by atoms with van der Waals surface area (Å²) in [6, 6.07) is 10.1. The van der Waals surface area contributed by atoms with Gasteiger partial charge in [-0.2, -0.15) is 5.10 Å². The number of rotatable bonds is 5. The molecule has 0 unspecified atom stereocenters. The van der Waals surface area contributed by atoms with E-state index in [0.717, 1.165) is 28.0 Å². The zero-order valence-corrected chi connectivity index (χ0v) is 14.1. The van der Waals surface area contributed by atoms with E-state index < -0.39 is 0 Å². The summed E-state index contributed by atoms with van der Waals surface area (Å²) in [5, 5.41) is 8.81. The minimum Gasteiger partial charge on any atom is -0.497 e. The van der Waals surface area contributed by atoms with Gasteiger partial charge in [0, 0.05) is 12.2 Å². The highest BCUT2D eigenvalue weighted by Crippen LogP contribution is 2.26. The van der Waals surface area contributed by atoms with Crippen molar-refractivity contribution < 1.29 is 4.74 Å². The van der Waals surface area contributed by atoms with E-state index >= 15 is 0 Å². The van der Waals surface area contributed by atoms with Gasteiger partial charge < -0.3 is 10.1 Å². The van der Waals surface area contributed by atoms with Crippen LogP contribution < -0.4 is 10.1 Å². The maximum atomic E-state index is 5.66. The molecular weight excluding hydrogens is 300 g/mol. The highest BCUT2D eigenvalue weighted by Gasteiger charge is 2.15. The van der Waals surface area contributed by atoms with E-state index in [9.17, 15) is 0 Å². The van der Waals surface area contributed by atoms with Crippen molar-refractivity contribution >= 4 is 16.7 Å². The summed E-state index contributed by atoms with van der Waals surface area (Å²) in [5.74, 6) is 4.28. The fourth-order valence-corrected chi connectivity index (χ4v) is 2.63. The Hall–Kier alpha value is -3.00. The topological polar surface area (TPSA) is 52.0 Å². The van der Waals surface area contributed by atoms with Crippen molar-refractivity contribution in [2.75, 3.05) is 12.4 Å². The molecule has 0 spiro atoms. The molecule has 0 fully saturated rings. The number of hydrogen-bond donors (Lipinski definition) is 1. The number of terminal acetylenes is 1. The number of ether oxygens (including phenoxy) is 1. The third-order valence-corrected chi connectivity index (χ3v) is 3.72. The van der Waals surface area contributed by atoms with Crippen LogP contribution in [0.15, 0.2) is 36.5 Å². The lowest BCUT2D eigenvalue weighted by atomic mass is 10.2. The van der Waals surface area contributed by atoms with E-state index in [-0.39, 0.29) is 6.04 Å². The first-order chi connectivity index (χ1) is 11.6. The molecule has 5 heteroatoms. The molecule has 24 heavy (non-hydrogen) atoms. The maximum Gasteiger partial charge on any atom is 0.146 e. The largest absolute Gasteiger partial charge is 0.497 e. The maximum absolute atomic E-state index is 5.66. The zero-order chi connectivity index (χ0) is 17.1. The molecule has 1 N–H and O–H groups in total. The molecule has 122 valence electrons. The monoisotopic (exact) mass is 320 g/mol. The lowest BCUT2D eigenvalue weighted by Crippen LogP contribution is -2.11. The van der Waals surface area contributed by atoms with Crippen molar-refractivity contribution in [1.82, 2.24) is 14.8 Å². The third kappa shape index (κ3) is 3.04. The number of benzene rings is 1. The molecule has 2 aromatic heterocycles. The molecule has 0 saturated carbocycles. The van der Waals surface area contributed by atoms with Crippen LogP contribution in [-0.2, 0) is 6.54 Å². The van der Waals surface area contributed by atoms with Crippen molar-refractivity contribution in [2.45, 2.75) is 26.4 Å². The number of aromatic nitrogens is 3. The van der Waals surface area contributed by atoms with Crippen molar-refractivity contribution in [2.24, 2.45) is 0 Å². The first-order valence-electron chi connectivity index (χ1n) is 7.84. The van der Waals surface area contributed by atoms with Crippen LogP contribution in [-0.4, -0.2) is 27.9 Å². The molecule has 2 heterocycles. The van der Waals surface area contributed by atoms with Gasteiger partial charge in [-0.15, -0.1) is 6.42 Å². The predicted molar refractivity (Wildman–Crippen MR) is 96.3 cm³/mol. The van der Waals surface area contributed by atoms with E-state index in [4.69, 9.17) is 11.2 Å². The van der Waals surface area contributed by atoms with Crippen molar-refractivity contribution in [3.63, 3.8) is 0 Å². The van der Waals surface area contributed by atoms with Gasteiger partial charge in [-0.1, -0.05) is 12.1 Å². The summed E-state index contributed by atoms with van der Waals surface area (Å²) in [6.07, 6.45) is 7.44. The average molecular weight is 320 g/mol. The summed E-state index contributed by atoms with van der Waals surface area (Å²) in [6.45, 7) is 4.77. The standard InChI is InChI=1S/C19H20N4O/c1-5-16-18-17(10-11-20-19(18)21-13(2)3)23(22-16)12-14-6-8-15(24-4)9-7-14/h1,6-11,13H,12H2,2-4H3,(H,20,21). The average Bonchev–Trinajstić information content (AvgIpc) is 2.94. The van der Waals surface area contributed by atoms with E-state index in [2.05, 4.69) is 35.2 Å². The summed E-state index contributed by atoms with van der Waals surface area (Å²) in [4.78, 5) is 4.42. The molecule has 0 aliphatic rings. The van der Waals surface area contributed by atoms with Gasteiger partial charge in [0.1, 0.15) is 17.3 Å². The minimum absolute atomic E-state index is 0.263. The lowest BCUT2D eigenvalue weighted by Gasteiger charge is -2.10. The van der Waals surface area contributed by atoms with Crippen LogP contribution in [0.3, 0.4) is 0 Å². The Balaban J connectivity index is 2.03. The number of methoxy groups -OCH3 is 1. The van der Waals surface area contributed by atoms with Gasteiger partial charge in [0.2, 0.25) is 0 Å². The van der Waals surface area contributed by atoms with Crippen LogP contribution in [0.4, 0.5) is 5.82 Å². The Morgan fingerprint density at radius 2 is 2.00 bits per heavy atom. The Labute approximate surface area is 141 Å². The van der Waals surface area contributed by atoms with Crippen LogP contribution in [0.5, 0.6) is 5.75 Å². The van der Waals surface area contributed by atoms with Gasteiger partial charge in [-0.25, -0.2) is 4.98 Å². The fourth-order valence-electron chi connectivity index (χ4n) is 2.63. The molecule has 0 aliphatic heterocycles. The van der Waals surface area contributed by atoms with E-state index in [1.807, 2.05) is 35.0 Å². The van der Waals surface area contributed by atoms with Gasteiger partial charge in [0.05, 0.1) is 24.6 Å². The highest BCUT2D eigenvalue weighted by atomic mass is 16.5. The van der Waals surface area contributed by atoms with Crippen LogP contribution in [0.2, 0.25) is 0 Å². The molecule has 0 radical (unpaired) electrons. The second kappa shape index (κ2) is 6.63. The van der Waals surface area contributed by atoms with Crippen molar-refractivity contribution in [1.29, 1.82) is 0 Å². The SMILES string of the molecule is C#Cc1nn(Cc2ccc(OC)cc2)c2ccnc(NC(C)C)c12. The van der Waals surface area contributed by atoms with Gasteiger partial charge in [0.15, 0.2) is 0 Å². The number of hydrogen-bond acceptors (Lipinski definition) is 4. The third-order valence-electron chi connectivity index (χ3n) is 3.72. The summed E-state index contributed by atoms with van der Waals surface area (Å²) in [5.41, 5.74) is 2.70. The summed E-state index contributed by atoms with van der Waals surface area (Å²) in [7, 11) is 1.66. The molecular formula is C19H20N4O. The van der Waals surface area contributed by atoms with E-state index in [0.29, 0.717) is 12.2 Å². The highest BCUT2D eigenvalue weighted by molar-refractivity contribution is 5.94. The molecule has 3 rings (SSSR count). The second-order valence-electron chi connectivity index (χ2n) is 5.85. The number of anilines is 1. The number of nitrogens with zero attached hydrogens (tertiary/aromatic N) is 3. The zero-order valence-electron chi connectivity index (χ0n) is 14.1. The van der Waals surface area contributed by atoms with Crippen molar-refractivity contribution in [3.8, 4) is 18.1 Å². The molecule has 0 saturated heterocycles. The Morgan fingerprint density at radius 1 is 1.25 bits per heavy atom. The quantitative estimate of drug-likeness (QED) is 0.733. The van der Waals surface area contributed by atoms with Gasteiger partial charge in [0.25, 0.3) is 0 Å². The summed E-state index contributed by atoms with van der Waals surface area (Å²) >= 11 is 0. The van der Waals surface area contributed by atoms with E-state index in [1.54, 1.807) is 13.3 Å². The number of fused-ring (bicyclic) bond motifs is 1. The number of nitrogens with one attached hydrogen (secondary N) is 1. The Bertz CT molecular complexity index is 888. The molecule has 0 atom stereocenters. The van der Waals surface area contributed by atoms with Crippen LogP contribution in [0, 0.1) is 12.3 Å². The lowest BCUT2D eigenvalue weighted by molar-refractivity contribution is 0.414. The second-order valence-corrected chi connectivity index (χ2v) is 5.85. The van der Waals surface area contributed by atoms with Gasteiger partial charge >= 0.3 is 0 Å². The molecule has 0 aliphatic carbocycles. The number of pyridine rings is 1. The fraction of sp³-hybridized carbons (Fsp3) is 0.263. The molecule has 5 nitrogen and oxygen atoms in total. The summed E-state index contributed by atoms with van der Waals surface area (Å²) < 4.78 is 7.11. The van der Waals surface area contributed by atoms with Gasteiger partial charge in [-0.05, 0) is 43.5 Å². The molecule has 0 bridgehead atoms. The van der Waals surface area contributed by atoms with Crippen LogP contribution in [0.25, 0.3) is 10.9 Å². The van der Waals surface area contributed by atoms with Crippen molar-refractivity contribution in [3.05, 3.63) is 47.8 Å². The first-order valence-corrected chi connectivity index (χ1v) is 7.84. The van der Waals surface area contributed by atoms with E-state index in [1.165, 1.54) is 0 Å². The Morgan fingerprint density at radius 3 is 2.62 bits per heavy atom. The molecule has 1 aromatic carbocycles.